The summed E-state index contributed by atoms with van der Waals surface area (Å²) in [7, 11) is 0. The lowest BCUT2D eigenvalue weighted by molar-refractivity contribution is 0.669. The number of furan rings is 1. The summed E-state index contributed by atoms with van der Waals surface area (Å²) in [5.41, 5.74) is 5.69. The van der Waals surface area contributed by atoms with E-state index in [1.54, 1.807) is 0 Å². The maximum absolute atomic E-state index is 8.81. The summed E-state index contributed by atoms with van der Waals surface area (Å²) in [6, 6.07) is 40.1. The Morgan fingerprint density at radius 2 is 1.21 bits per heavy atom. The number of aromatic nitrogens is 4. The second-order valence-electron chi connectivity index (χ2n) is 11.7. The maximum Gasteiger partial charge on any atom is 0.164 e. The first-order chi connectivity index (χ1) is 25.9. The lowest BCUT2D eigenvalue weighted by Crippen LogP contribution is -2.00. The molecule has 0 aliphatic carbocycles. The van der Waals surface area contributed by atoms with Crippen molar-refractivity contribution in [1.29, 1.82) is 0 Å². The van der Waals surface area contributed by atoms with Gasteiger partial charge in [-0.3, -0.25) is 0 Å². The zero-order valence-electron chi connectivity index (χ0n) is 30.3. The zero-order valence-corrected chi connectivity index (χ0v) is 25.3. The predicted molar refractivity (Wildman–Crippen MR) is 195 cm³/mol. The quantitative estimate of drug-likeness (QED) is 0.197. The first kappa shape index (κ1) is 22.0. The molecule has 0 atom stereocenters. The molecule has 10 rings (SSSR count). The fourth-order valence-corrected chi connectivity index (χ4v) is 6.76. The van der Waals surface area contributed by atoms with Gasteiger partial charge in [0.25, 0.3) is 0 Å². The normalized spacial score (nSPS) is 13.2. The van der Waals surface area contributed by atoms with Crippen LogP contribution in [0.5, 0.6) is 0 Å². The third-order valence-electron chi connectivity index (χ3n) is 8.91. The summed E-state index contributed by atoms with van der Waals surface area (Å²) >= 11 is 0. The van der Waals surface area contributed by atoms with Crippen LogP contribution in [0.3, 0.4) is 0 Å². The molecule has 3 aromatic heterocycles. The van der Waals surface area contributed by atoms with Gasteiger partial charge in [0.1, 0.15) is 11.2 Å². The molecular weight excluding hydrogens is 589 g/mol. The molecule has 0 saturated heterocycles. The van der Waals surface area contributed by atoms with E-state index in [1.807, 2.05) is 91.0 Å². The highest BCUT2D eigenvalue weighted by Gasteiger charge is 2.19. The second-order valence-corrected chi connectivity index (χ2v) is 11.7. The van der Waals surface area contributed by atoms with Crippen molar-refractivity contribution in [3.8, 4) is 39.9 Å². The average molecular weight is 620 g/mol. The van der Waals surface area contributed by atoms with Gasteiger partial charge in [-0.1, -0.05) is 103 Å². The number of fused-ring (bicyclic) bond motifs is 7. The van der Waals surface area contributed by atoms with Crippen molar-refractivity contribution in [2.45, 2.75) is 0 Å². The molecule has 0 unspecified atom stereocenters. The SMILES string of the molecule is [2H]c1c([2H])c([2H])c(-c2nc(-c3ccc4c(c3)c3ccccc3n4-c3ccccc3)nc(-c3cccc4oc5cc6ccccc6cc5c34)n2)c([2H])c1[2H]. The van der Waals surface area contributed by atoms with Crippen LogP contribution in [0.1, 0.15) is 6.85 Å². The molecule has 0 saturated carbocycles. The molecule has 0 amide bonds. The van der Waals surface area contributed by atoms with Crippen LogP contribution >= 0.6 is 0 Å². The van der Waals surface area contributed by atoms with Gasteiger partial charge in [-0.2, -0.15) is 0 Å². The standard InChI is InChI=1S/C43H26N4O/c1-3-12-27(13-4-1)41-44-42(30-22-23-37-34(25-30)32-18-9-10-20-36(32)47(37)31-16-5-2-6-17-31)46-43(45-41)33-19-11-21-38-40(33)35-24-28-14-7-8-15-29(28)26-39(35)48-38/h1-26H/i1D,3D,4D,12D,13D. The van der Waals surface area contributed by atoms with Gasteiger partial charge in [-0.15, -0.1) is 0 Å². The van der Waals surface area contributed by atoms with E-state index < -0.39 is 18.1 Å². The first-order valence-electron chi connectivity index (χ1n) is 18.1. The van der Waals surface area contributed by atoms with E-state index in [1.165, 1.54) is 0 Å². The van der Waals surface area contributed by atoms with Gasteiger partial charge < -0.3 is 8.98 Å². The minimum Gasteiger partial charge on any atom is -0.456 e. The van der Waals surface area contributed by atoms with Crippen molar-refractivity contribution in [3.63, 3.8) is 0 Å². The summed E-state index contributed by atoms with van der Waals surface area (Å²) < 4.78 is 51.2. The molecule has 0 bridgehead atoms. The largest absolute Gasteiger partial charge is 0.456 e. The van der Waals surface area contributed by atoms with Crippen molar-refractivity contribution < 1.29 is 11.3 Å². The molecule has 0 aliphatic heterocycles. The second kappa shape index (κ2) is 10.5. The van der Waals surface area contributed by atoms with E-state index >= 15 is 0 Å². The Morgan fingerprint density at radius 3 is 2.06 bits per heavy atom. The predicted octanol–water partition coefficient (Wildman–Crippen LogP) is 11.0. The van der Waals surface area contributed by atoms with Crippen molar-refractivity contribution >= 4 is 54.5 Å². The highest BCUT2D eigenvalue weighted by molar-refractivity contribution is 6.15. The molecule has 224 valence electrons. The van der Waals surface area contributed by atoms with Crippen molar-refractivity contribution in [2.75, 3.05) is 0 Å². The van der Waals surface area contributed by atoms with E-state index in [9.17, 15) is 0 Å². The van der Waals surface area contributed by atoms with Crippen molar-refractivity contribution in [2.24, 2.45) is 0 Å². The third kappa shape index (κ3) is 4.15. The summed E-state index contributed by atoms with van der Waals surface area (Å²) in [6.07, 6.45) is 0. The maximum atomic E-state index is 8.81. The van der Waals surface area contributed by atoms with E-state index in [2.05, 4.69) is 41.0 Å². The first-order valence-corrected chi connectivity index (χ1v) is 15.6. The fourth-order valence-electron chi connectivity index (χ4n) is 6.76. The van der Waals surface area contributed by atoms with Gasteiger partial charge in [0.05, 0.1) is 17.9 Å². The Balaban J connectivity index is 1.26. The number of benzene rings is 7. The Bertz CT molecular complexity index is 3110. The summed E-state index contributed by atoms with van der Waals surface area (Å²) in [5.74, 6) is 0.555. The molecule has 7 aromatic carbocycles. The zero-order chi connectivity index (χ0) is 36.0. The Labute approximate surface area is 282 Å². The molecule has 0 fully saturated rings. The van der Waals surface area contributed by atoms with Gasteiger partial charge in [0.15, 0.2) is 17.5 Å². The van der Waals surface area contributed by atoms with Crippen LogP contribution < -0.4 is 0 Å². The highest BCUT2D eigenvalue weighted by Crippen LogP contribution is 2.39. The number of para-hydroxylation sites is 2. The van der Waals surface area contributed by atoms with Gasteiger partial charge in [0.2, 0.25) is 0 Å². The fraction of sp³-hybridized carbons (Fsp3) is 0. The Hall–Kier alpha value is -6.59. The Kier molecular flexibility index (Phi) is 4.81. The molecule has 0 spiro atoms. The number of hydrogen-bond donors (Lipinski definition) is 0. The molecule has 5 nitrogen and oxygen atoms in total. The topological polar surface area (TPSA) is 56.7 Å². The summed E-state index contributed by atoms with van der Waals surface area (Å²) in [5, 5.41) is 5.83. The molecule has 10 aromatic rings. The van der Waals surface area contributed by atoms with Gasteiger partial charge in [-0.25, -0.2) is 15.0 Å². The van der Waals surface area contributed by atoms with Crippen LogP contribution in [0.4, 0.5) is 0 Å². The van der Waals surface area contributed by atoms with Gasteiger partial charge in [0, 0.05) is 43.9 Å². The monoisotopic (exact) mass is 619 g/mol. The molecule has 0 aliphatic rings. The smallest absolute Gasteiger partial charge is 0.164 e. The van der Waals surface area contributed by atoms with Crippen LogP contribution in [0.2, 0.25) is 0 Å². The third-order valence-corrected chi connectivity index (χ3v) is 8.91. The van der Waals surface area contributed by atoms with Crippen molar-refractivity contribution in [1.82, 2.24) is 19.5 Å². The lowest BCUT2D eigenvalue weighted by Gasteiger charge is -2.10. The van der Waals surface area contributed by atoms with Crippen LogP contribution in [0.25, 0.3) is 94.4 Å². The highest BCUT2D eigenvalue weighted by atomic mass is 16.3. The van der Waals surface area contributed by atoms with E-state index in [-0.39, 0.29) is 29.3 Å². The van der Waals surface area contributed by atoms with Crippen molar-refractivity contribution in [3.05, 3.63) is 158 Å². The number of nitrogens with zero attached hydrogens (tertiary/aromatic N) is 4. The summed E-state index contributed by atoms with van der Waals surface area (Å²) in [6.45, 7) is 0. The Morgan fingerprint density at radius 1 is 0.500 bits per heavy atom. The minimum atomic E-state index is -0.486. The van der Waals surface area contributed by atoms with E-state index in [0.29, 0.717) is 28.1 Å². The van der Waals surface area contributed by atoms with E-state index in [0.717, 1.165) is 49.0 Å². The minimum absolute atomic E-state index is 0.0240. The molecule has 0 N–H and O–H groups in total. The van der Waals surface area contributed by atoms with Gasteiger partial charge >= 0.3 is 0 Å². The van der Waals surface area contributed by atoms with Gasteiger partial charge in [-0.05, 0) is 65.4 Å². The molecule has 48 heavy (non-hydrogen) atoms. The molecule has 3 heterocycles. The number of hydrogen-bond acceptors (Lipinski definition) is 4. The number of rotatable bonds is 4. The van der Waals surface area contributed by atoms with Crippen LogP contribution in [-0.4, -0.2) is 19.5 Å². The molecule has 5 heteroatoms. The van der Waals surface area contributed by atoms with Crippen LogP contribution in [0, 0.1) is 0 Å². The average Bonchev–Trinajstić information content (AvgIpc) is 3.73. The van der Waals surface area contributed by atoms with Crippen LogP contribution in [0.15, 0.2) is 162 Å². The molecule has 0 radical (unpaired) electrons. The lowest BCUT2D eigenvalue weighted by atomic mass is 10.0. The molecular formula is C43H26N4O. The van der Waals surface area contributed by atoms with Crippen LogP contribution in [-0.2, 0) is 0 Å². The summed E-state index contributed by atoms with van der Waals surface area (Å²) in [4.78, 5) is 14.7. The van der Waals surface area contributed by atoms with E-state index in [4.69, 9.17) is 26.2 Å².